The van der Waals surface area contributed by atoms with Gasteiger partial charge in [-0.25, -0.2) is 0 Å². The predicted molar refractivity (Wildman–Crippen MR) is 117 cm³/mol. The molecule has 0 aromatic heterocycles. The highest BCUT2D eigenvalue weighted by atomic mass is 19.4. The molecule has 1 aliphatic carbocycles. The molecule has 1 saturated carbocycles. The Balaban J connectivity index is 1.53. The molecule has 2 amide bonds. The Morgan fingerprint density at radius 1 is 0.971 bits per heavy atom. The Bertz CT molecular complexity index is 1160. The van der Waals surface area contributed by atoms with Crippen LogP contribution in [0.3, 0.4) is 0 Å². The van der Waals surface area contributed by atoms with Crippen LogP contribution in [-0.2, 0) is 22.3 Å². The van der Waals surface area contributed by atoms with E-state index in [9.17, 15) is 32.3 Å². The Kier molecular flexibility index (Phi) is 6.54. The summed E-state index contributed by atoms with van der Waals surface area (Å²) in [6.07, 6.45) is -2.17. The van der Waals surface area contributed by atoms with Crippen molar-refractivity contribution >= 4 is 29.1 Å². The van der Waals surface area contributed by atoms with Crippen molar-refractivity contribution in [2.24, 2.45) is 0 Å². The lowest BCUT2D eigenvalue weighted by atomic mass is 10.0. The number of rotatable bonds is 3. The second kappa shape index (κ2) is 9.40. The number of fused-ring (bicyclic) bond motifs is 1. The van der Waals surface area contributed by atoms with Crippen molar-refractivity contribution in [3.05, 3.63) is 64.7 Å². The molecule has 1 aliphatic heterocycles. The highest BCUT2D eigenvalue weighted by Crippen LogP contribution is 2.33. The molecule has 178 valence electrons. The molecule has 2 aliphatic rings. The summed E-state index contributed by atoms with van der Waals surface area (Å²) in [6, 6.07) is 8.28. The molecule has 0 saturated heterocycles. The molecule has 2 aromatic rings. The summed E-state index contributed by atoms with van der Waals surface area (Å²) >= 11 is 0. The van der Waals surface area contributed by atoms with Gasteiger partial charge in [-0.15, -0.1) is 0 Å². The molecule has 2 aromatic carbocycles. The van der Waals surface area contributed by atoms with Gasteiger partial charge in [0.2, 0.25) is 0 Å². The van der Waals surface area contributed by atoms with Gasteiger partial charge in [0.1, 0.15) is 5.78 Å². The molecule has 6 nitrogen and oxygen atoms in total. The summed E-state index contributed by atoms with van der Waals surface area (Å²) in [6.45, 7) is 0.127. The van der Waals surface area contributed by atoms with E-state index in [0.717, 1.165) is 12.1 Å². The van der Waals surface area contributed by atoms with Crippen LogP contribution < -0.4 is 5.32 Å². The van der Waals surface area contributed by atoms with Crippen LogP contribution >= 0.6 is 0 Å². The third-order valence-corrected chi connectivity index (χ3v) is 6.25. The summed E-state index contributed by atoms with van der Waals surface area (Å²) in [5, 5.41) is 2.47. The number of hydrogen-bond acceptors (Lipinski definition) is 4. The molecule has 34 heavy (non-hydrogen) atoms. The molecule has 0 radical (unpaired) electrons. The van der Waals surface area contributed by atoms with Gasteiger partial charge >= 0.3 is 6.18 Å². The van der Waals surface area contributed by atoms with Crippen molar-refractivity contribution in [1.29, 1.82) is 0 Å². The molecule has 1 fully saturated rings. The molecular formula is C25H23F3N2O4. The van der Waals surface area contributed by atoms with Crippen LogP contribution in [0.15, 0.2) is 42.5 Å². The number of halogens is 3. The number of ketones is 2. The van der Waals surface area contributed by atoms with E-state index >= 15 is 0 Å². The van der Waals surface area contributed by atoms with Crippen molar-refractivity contribution in [3.8, 4) is 0 Å². The van der Waals surface area contributed by atoms with Crippen LogP contribution in [0.25, 0.3) is 0 Å². The Morgan fingerprint density at radius 3 is 2.47 bits per heavy atom. The van der Waals surface area contributed by atoms with Gasteiger partial charge in [0.25, 0.3) is 11.8 Å². The fraction of sp³-hybridized carbons (Fsp3) is 0.360. The molecule has 9 heteroatoms. The Labute approximate surface area is 194 Å². The molecule has 1 unspecified atom stereocenters. The summed E-state index contributed by atoms with van der Waals surface area (Å²) in [7, 11) is 0. The van der Waals surface area contributed by atoms with Gasteiger partial charge in [-0.05, 0) is 55.2 Å². The lowest BCUT2D eigenvalue weighted by molar-refractivity contribution is -0.138. The van der Waals surface area contributed by atoms with Crippen LogP contribution in [0, 0.1) is 0 Å². The quantitative estimate of drug-likeness (QED) is 0.697. The first-order valence-corrected chi connectivity index (χ1v) is 11.1. The molecule has 1 heterocycles. The summed E-state index contributed by atoms with van der Waals surface area (Å²) in [4.78, 5) is 51.7. The Hall–Kier alpha value is -3.49. The van der Waals surface area contributed by atoms with E-state index in [1.54, 1.807) is 0 Å². The van der Waals surface area contributed by atoms with Crippen molar-refractivity contribution in [1.82, 2.24) is 4.90 Å². The zero-order valence-corrected chi connectivity index (χ0v) is 18.3. The number of Topliss-reactive ketones (excluding diaryl/α,β-unsaturated/α-hetero) is 2. The minimum absolute atomic E-state index is 0.0758. The second-order valence-corrected chi connectivity index (χ2v) is 8.57. The van der Waals surface area contributed by atoms with Gasteiger partial charge in [0.15, 0.2) is 5.78 Å². The molecule has 0 bridgehead atoms. The zero-order valence-electron chi connectivity index (χ0n) is 18.3. The second-order valence-electron chi connectivity index (χ2n) is 8.57. The van der Waals surface area contributed by atoms with Crippen molar-refractivity contribution in [2.75, 3.05) is 5.32 Å². The van der Waals surface area contributed by atoms with E-state index in [2.05, 4.69) is 5.32 Å². The number of benzene rings is 2. The summed E-state index contributed by atoms with van der Waals surface area (Å²) in [5.41, 5.74) is -0.373. The van der Waals surface area contributed by atoms with E-state index in [0.29, 0.717) is 36.8 Å². The van der Waals surface area contributed by atoms with Gasteiger partial charge in [0.05, 0.1) is 17.2 Å². The lowest BCUT2D eigenvalue weighted by Gasteiger charge is -2.26. The fourth-order valence-corrected chi connectivity index (χ4v) is 4.50. The number of nitrogens with zero attached hydrogens (tertiary/aromatic N) is 1. The normalized spacial score (nSPS) is 19.3. The molecular weight excluding hydrogens is 449 g/mol. The highest BCUT2D eigenvalue weighted by molar-refractivity contribution is 6.06. The topological polar surface area (TPSA) is 83.6 Å². The molecule has 0 spiro atoms. The van der Waals surface area contributed by atoms with E-state index in [1.807, 2.05) is 0 Å². The first-order chi connectivity index (χ1) is 16.1. The van der Waals surface area contributed by atoms with E-state index in [4.69, 9.17) is 0 Å². The first-order valence-electron chi connectivity index (χ1n) is 11.1. The lowest BCUT2D eigenvalue weighted by Crippen LogP contribution is -2.41. The van der Waals surface area contributed by atoms with Gasteiger partial charge in [-0.3, -0.25) is 19.2 Å². The number of amides is 2. The van der Waals surface area contributed by atoms with E-state index in [-0.39, 0.29) is 42.5 Å². The van der Waals surface area contributed by atoms with Crippen LogP contribution in [0.2, 0.25) is 0 Å². The fourth-order valence-electron chi connectivity index (χ4n) is 4.50. The number of anilines is 1. The molecule has 4 rings (SSSR count). The standard InChI is InChI=1S/C25H23F3N2O4/c26-25(27,28)20-7-3-2-6-19(20)23(33)29-16-9-11-18-15(13-16)14-30(24(18)34)21-12-10-17(31)5-1-4-8-22(21)32/h2-3,6-7,9,11,13,21H,1,4-5,8,10,12,14H2,(H,29,33). The molecule has 1 N–H and O–H groups in total. The Morgan fingerprint density at radius 2 is 1.71 bits per heavy atom. The van der Waals surface area contributed by atoms with Crippen LogP contribution in [0.1, 0.15) is 70.4 Å². The maximum atomic E-state index is 13.3. The summed E-state index contributed by atoms with van der Waals surface area (Å²) < 4.78 is 39.8. The number of nitrogens with one attached hydrogen (secondary N) is 1. The SMILES string of the molecule is O=C1CCCCC(=O)C(N2Cc3cc(NC(=O)c4ccccc4C(F)(F)F)ccc3C2=O)CC1. The van der Waals surface area contributed by atoms with Gasteiger partial charge in [-0.2, -0.15) is 13.2 Å². The largest absolute Gasteiger partial charge is 0.417 e. The van der Waals surface area contributed by atoms with Crippen LogP contribution in [-0.4, -0.2) is 34.3 Å². The number of carbonyl (C=O) groups excluding carboxylic acids is 4. The predicted octanol–water partition coefficient (Wildman–Crippen LogP) is 4.77. The van der Waals surface area contributed by atoms with E-state index in [1.165, 1.54) is 35.2 Å². The molecule has 1 atom stereocenters. The number of hydrogen-bond donors (Lipinski definition) is 1. The zero-order chi connectivity index (χ0) is 24.5. The monoisotopic (exact) mass is 472 g/mol. The van der Waals surface area contributed by atoms with Crippen molar-refractivity contribution in [2.45, 2.75) is 57.3 Å². The van der Waals surface area contributed by atoms with E-state index < -0.39 is 29.3 Å². The van der Waals surface area contributed by atoms with Gasteiger partial charge in [0, 0.05) is 37.1 Å². The van der Waals surface area contributed by atoms with Gasteiger partial charge in [-0.1, -0.05) is 12.1 Å². The van der Waals surface area contributed by atoms with Crippen molar-refractivity contribution < 1.29 is 32.3 Å². The third-order valence-electron chi connectivity index (χ3n) is 6.25. The summed E-state index contributed by atoms with van der Waals surface area (Å²) in [5.74, 6) is -1.25. The average molecular weight is 472 g/mol. The number of alkyl halides is 3. The maximum absolute atomic E-state index is 13.3. The van der Waals surface area contributed by atoms with Crippen LogP contribution in [0.4, 0.5) is 18.9 Å². The average Bonchev–Trinajstić information content (AvgIpc) is 3.14. The van der Waals surface area contributed by atoms with Crippen molar-refractivity contribution in [3.63, 3.8) is 0 Å². The maximum Gasteiger partial charge on any atom is 0.417 e. The number of carbonyl (C=O) groups is 4. The van der Waals surface area contributed by atoms with Gasteiger partial charge < -0.3 is 10.2 Å². The third kappa shape index (κ3) is 4.88. The first kappa shape index (κ1) is 23.7. The smallest absolute Gasteiger partial charge is 0.324 e. The van der Waals surface area contributed by atoms with Crippen LogP contribution in [0.5, 0.6) is 0 Å². The highest BCUT2D eigenvalue weighted by Gasteiger charge is 2.37. The minimum atomic E-state index is -4.68. The minimum Gasteiger partial charge on any atom is -0.324 e.